The molecular weight excluding hydrogens is 348 g/mol. The van der Waals surface area contributed by atoms with Crippen LogP contribution in [-0.2, 0) is 16.6 Å². The molecule has 4 nitrogen and oxygen atoms in total. The van der Waals surface area contributed by atoms with Crippen molar-refractivity contribution in [2.45, 2.75) is 30.3 Å². The summed E-state index contributed by atoms with van der Waals surface area (Å²) in [4.78, 5) is -0.968. The molecule has 134 valence electrons. The SMILES string of the molecule is O=S(=O)(c1c(F)cccc1F)N(Cc1ccccc1)[C@@H](CO)C1CC1. The van der Waals surface area contributed by atoms with E-state index in [4.69, 9.17) is 0 Å². The van der Waals surface area contributed by atoms with Gasteiger partial charge in [-0.1, -0.05) is 36.4 Å². The van der Waals surface area contributed by atoms with E-state index < -0.39 is 39.2 Å². The van der Waals surface area contributed by atoms with E-state index in [0.717, 1.165) is 35.3 Å². The number of aliphatic hydroxyl groups excluding tert-OH is 1. The van der Waals surface area contributed by atoms with Gasteiger partial charge in [-0.15, -0.1) is 0 Å². The molecule has 1 atom stereocenters. The molecule has 25 heavy (non-hydrogen) atoms. The Hall–Kier alpha value is -1.83. The molecule has 0 aromatic heterocycles. The maximum atomic E-state index is 14.1. The Labute approximate surface area is 145 Å². The van der Waals surface area contributed by atoms with Gasteiger partial charge in [-0.2, -0.15) is 4.31 Å². The number of benzene rings is 2. The summed E-state index contributed by atoms with van der Waals surface area (Å²) in [6.45, 7) is -0.453. The predicted molar refractivity (Wildman–Crippen MR) is 89.1 cm³/mol. The second-order valence-electron chi connectivity index (χ2n) is 6.17. The number of hydrogen-bond acceptors (Lipinski definition) is 3. The number of sulfonamides is 1. The standard InChI is InChI=1S/C18H19F2NO3S/c19-15-7-4-8-16(20)18(15)25(23,24)21(17(12-22)14-9-10-14)11-13-5-2-1-3-6-13/h1-8,14,17,22H,9-12H2/t17-/m0/s1. The van der Waals surface area contributed by atoms with Crippen LogP contribution in [0.4, 0.5) is 8.78 Å². The van der Waals surface area contributed by atoms with Crippen molar-refractivity contribution in [1.82, 2.24) is 4.31 Å². The Morgan fingerprint density at radius 3 is 2.16 bits per heavy atom. The molecule has 0 spiro atoms. The van der Waals surface area contributed by atoms with Crippen LogP contribution < -0.4 is 0 Å². The number of aliphatic hydroxyl groups is 1. The molecule has 0 radical (unpaired) electrons. The van der Waals surface area contributed by atoms with Crippen LogP contribution in [0.5, 0.6) is 0 Å². The number of rotatable bonds is 7. The van der Waals surface area contributed by atoms with Crippen molar-refractivity contribution in [2.75, 3.05) is 6.61 Å². The molecule has 1 aliphatic rings. The zero-order chi connectivity index (χ0) is 18.0. The largest absolute Gasteiger partial charge is 0.395 e. The summed E-state index contributed by atoms with van der Waals surface area (Å²) in [6.07, 6.45) is 1.57. The maximum Gasteiger partial charge on any atom is 0.249 e. The quantitative estimate of drug-likeness (QED) is 0.819. The van der Waals surface area contributed by atoms with Crippen molar-refractivity contribution < 1.29 is 22.3 Å². The molecule has 2 aromatic rings. The first kappa shape index (κ1) is 18.0. The minimum Gasteiger partial charge on any atom is -0.395 e. The van der Waals surface area contributed by atoms with Gasteiger partial charge in [0.05, 0.1) is 12.6 Å². The molecule has 1 aliphatic carbocycles. The van der Waals surface area contributed by atoms with Crippen LogP contribution in [0, 0.1) is 17.6 Å². The monoisotopic (exact) mass is 367 g/mol. The van der Waals surface area contributed by atoms with Crippen LogP contribution >= 0.6 is 0 Å². The van der Waals surface area contributed by atoms with Gasteiger partial charge in [-0.05, 0) is 36.5 Å². The topological polar surface area (TPSA) is 57.6 Å². The van der Waals surface area contributed by atoms with Crippen LogP contribution in [0.15, 0.2) is 53.4 Å². The molecule has 1 fully saturated rings. The molecule has 3 rings (SSSR count). The lowest BCUT2D eigenvalue weighted by atomic mass is 10.1. The normalized spacial score (nSPS) is 16.2. The molecule has 0 heterocycles. The highest BCUT2D eigenvalue weighted by Crippen LogP contribution is 2.38. The van der Waals surface area contributed by atoms with Crippen molar-refractivity contribution in [3.05, 3.63) is 65.7 Å². The molecular formula is C18H19F2NO3S. The van der Waals surface area contributed by atoms with Crippen LogP contribution in [0.3, 0.4) is 0 Å². The Kier molecular flexibility index (Phi) is 5.17. The van der Waals surface area contributed by atoms with Crippen molar-refractivity contribution in [3.63, 3.8) is 0 Å². The molecule has 2 aromatic carbocycles. The molecule has 0 aliphatic heterocycles. The summed E-state index contributed by atoms with van der Waals surface area (Å²) in [5.41, 5.74) is 0.682. The third kappa shape index (κ3) is 3.73. The van der Waals surface area contributed by atoms with Gasteiger partial charge in [0.15, 0.2) is 4.90 Å². The van der Waals surface area contributed by atoms with E-state index in [2.05, 4.69) is 0 Å². The van der Waals surface area contributed by atoms with E-state index in [1.165, 1.54) is 0 Å². The first-order chi connectivity index (χ1) is 11.9. The predicted octanol–water partition coefficient (Wildman–Crippen LogP) is 2.93. The van der Waals surface area contributed by atoms with Crippen molar-refractivity contribution in [3.8, 4) is 0 Å². The fraction of sp³-hybridized carbons (Fsp3) is 0.333. The Bertz CT molecular complexity index is 818. The van der Waals surface area contributed by atoms with Crippen molar-refractivity contribution >= 4 is 10.0 Å². The van der Waals surface area contributed by atoms with Gasteiger partial charge in [0.2, 0.25) is 10.0 Å². The summed E-state index contributed by atoms with van der Waals surface area (Å²) in [6, 6.07) is 11.0. The van der Waals surface area contributed by atoms with Gasteiger partial charge < -0.3 is 5.11 Å². The van der Waals surface area contributed by atoms with Crippen molar-refractivity contribution in [1.29, 1.82) is 0 Å². The molecule has 1 N–H and O–H groups in total. The lowest BCUT2D eigenvalue weighted by Gasteiger charge is -2.30. The van der Waals surface area contributed by atoms with Crippen LogP contribution in [0.1, 0.15) is 18.4 Å². The summed E-state index contributed by atoms with van der Waals surface area (Å²) >= 11 is 0. The van der Waals surface area contributed by atoms with E-state index in [1.54, 1.807) is 30.3 Å². The van der Waals surface area contributed by atoms with Gasteiger partial charge >= 0.3 is 0 Å². The van der Waals surface area contributed by atoms with Crippen LogP contribution in [-0.4, -0.2) is 30.5 Å². The first-order valence-corrected chi connectivity index (χ1v) is 9.50. The highest BCUT2D eigenvalue weighted by atomic mass is 32.2. The molecule has 0 unspecified atom stereocenters. The van der Waals surface area contributed by atoms with Gasteiger partial charge in [0, 0.05) is 6.54 Å². The smallest absolute Gasteiger partial charge is 0.249 e. The second-order valence-corrected chi connectivity index (χ2v) is 8.00. The molecule has 7 heteroatoms. The minimum atomic E-state index is -4.45. The van der Waals surface area contributed by atoms with Crippen molar-refractivity contribution in [2.24, 2.45) is 5.92 Å². The van der Waals surface area contributed by atoms with Crippen LogP contribution in [0.25, 0.3) is 0 Å². The summed E-state index contributed by atoms with van der Waals surface area (Å²) in [5, 5.41) is 9.74. The first-order valence-electron chi connectivity index (χ1n) is 8.05. The summed E-state index contributed by atoms with van der Waals surface area (Å²) in [5.74, 6) is -2.27. The lowest BCUT2D eigenvalue weighted by molar-refractivity contribution is 0.166. The Morgan fingerprint density at radius 1 is 1.04 bits per heavy atom. The minimum absolute atomic E-state index is 0.00155. The number of halogens is 2. The fourth-order valence-electron chi connectivity index (χ4n) is 2.95. The average Bonchev–Trinajstić information content (AvgIpc) is 3.40. The zero-order valence-electron chi connectivity index (χ0n) is 13.5. The Morgan fingerprint density at radius 2 is 1.64 bits per heavy atom. The van der Waals surface area contributed by atoms with E-state index in [1.807, 2.05) is 0 Å². The Balaban J connectivity index is 2.06. The third-order valence-electron chi connectivity index (χ3n) is 4.39. The van der Waals surface area contributed by atoms with Crippen LogP contribution in [0.2, 0.25) is 0 Å². The van der Waals surface area contributed by atoms with Gasteiger partial charge in [-0.3, -0.25) is 0 Å². The maximum absolute atomic E-state index is 14.1. The highest BCUT2D eigenvalue weighted by molar-refractivity contribution is 7.89. The van der Waals surface area contributed by atoms with E-state index in [-0.39, 0.29) is 12.5 Å². The average molecular weight is 367 g/mol. The molecule has 0 saturated heterocycles. The zero-order valence-corrected chi connectivity index (χ0v) is 14.3. The highest BCUT2D eigenvalue weighted by Gasteiger charge is 2.42. The van der Waals surface area contributed by atoms with Gasteiger partial charge in [0.25, 0.3) is 0 Å². The third-order valence-corrected chi connectivity index (χ3v) is 6.31. The second kappa shape index (κ2) is 7.19. The fourth-order valence-corrected chi connectivity index (χ4v) is 4.72. The van der Waals surface area contributed by atoms with E-state index in [9.17, 15) is 22.3 Å². The number of nitrogens with zero attached hydrogens (tertiary/aromatic N) is 1. The number of hydrogen-bond donors (Lipinski definition) is 1. The van der Waals surface area contributed by atoms with Gasteiger partial charge in [0.1, 0.15) is 11.6 Å². The molecule has 1 saturated carbocycles. The molecule has 0 amide bonds. The molecule has 0 bridgehead atoms. The van der Waals surface area contributed by atoms with Gasteiger partial charge in [-0.25, -0.2) is 17.2 Å². The summed E-state index contributed by atoms with van der Waals surface area (Å²) in [7, 11) is -4.45. The summed E-state index contributed by atoms with van der Waals surface area (Å²) < 4.78 is 55.4. The lowest BCUT2D eigenvalue weighted by Crippen LogP contribution is -2.43. The van der Waals surface area contributed by atoms with E-state index in [0.29, 0.717) is 5.56 Å². The van der Waals surface area contributed by atoms with E-state index >= 15 is 0 Å².